The first kappa shape index (κ1) is 13.8. The van der Waals surface area contributed by atoms with Crippen molar-refractivity contribution >= 4 is 33.2 Å². The van der Waals surface area contributed by atoms with Gasteiger partial charge in [0.25, 0.3) is 0 Å². The van der Waals surface area contributed by atoms with E-state index < -0.39 is 9.84 Å². The van der Waals surface area contributed by atoms with Crippen LogP contribution in [0.5, 0.6) is 0 Å². The summed E-state index contributed by atoms with van der Waals surface area (Å²) in [4.78, 5) is 3.79. The van der Waals surface area contributed by atoms with Crippen LogP contribution in [0.4, 0.5) is 0 Å². The molecule has 2 N–H and O–H groups in total. The Balaban J connectivity index is 2.64. The molecule has 0 amide bonds. The van der Waals surface area contributed by atoms with Gasteiger partial charge in [-0.3, -0.25) is 0 Å². The molecule has 0 aromatic carbocycles. The van der Waals surface area contributed by atoms with Crippen LogP contribution in [0.1, 0.15) is 0 Å². The Kier molecular flexibility index (Phi) is 5.54. The second-order valence-corrected chi connectivity index (χ2v) is 6.69. The van der Waals surface area contributed by atoms with E-state index >= 15 is 0 Å². The fourth-order valence-corrected chi connectivity index (χ4v) is 3.69. The minimum Gasteiger partial charge on any atom is -0.330 e. The molecule has 4 nitrogen and oxygen atoms in total. The Morgan fingerprint density at radius 3 is 2.75 bits per heavy atom. The van der Waals surface area contributed by atoms with Crippen LogP contribution >= 0.6 is 23.4 Å². The molecule has 0 fully saturated rings. The van der Waals surface area contributed by atoms with Gasteiger partial charge in [0.15, 0.2) is 14.9 Å². The predicted octanol–water partition coefficient (Wildman–Crippen LogP) is 1.20. The highest BCUT2D eigenvalue weighted by Crippen LogP contribution is 2.13. The van der Waals surface area contributed by atoms with E-state index in [9.17, 15) is 8.42 Å². The molecule has 0 aliphatic heterocycles. The Labute approximate surface area is 105 Å². The van der Waals surface area contributed by atoms with Gasteiger partial charge < -0.3 is 5.73 Å². The Morgan fingerprint density at radius 1 is 1.38 bits per heavy atom. The predicted molar refractivity (Wildman–Crippen MR) is 67.7 cm³/mol. The number of rotatable bonds is 6. The first-order valence-electron chi connectivity index (χ1n) is 4.69. The molecular weight excluding hydrogens is 268 g/mol. The highest BCUT2D eigenvalue weighted by atomic mass is 35.5. The molecule has 1 aromatic heterocycles. The second kappa shape index (κ2) is 6.44. The minimum absolute atomic E-state index is 0.0355. The number of nitrogens with zero attached hydrogens (tertiary/aromatic N) is 1. The van der Waals surface area contributed by atoms with Crippen LogP contribution in [0.15, 0.2) is 23.2 Å². The van der Waals surface area contributed by atoms with E-state index in [1.54, 1.807) is 12.1 Å². The van der Waals surface area contributed by atoms with E-state index in [0.29, 0.717) is 12.3 Å². The molecule has 0 radical (unpaired) electrons. The number of nitrogens with two attached hydrogens (primary N) is 1. The van der Waals surface area contributed by atoms with Crippen molar-refractivity contribution in [3.8, 4) is 0 Å². The van der Waals surface area contributed by atoms with Crippen LogP contribution in [-0.4, -0.2) is 37.2 Å². The lowest BCUT2D eigenvalue weighted by Gasteiger charge is -2.03. The summed E-state index contributed by atoms with van der Waals surface area (Å²) >= 11 is 7.15. The summed E-state index contributed by atoms with van der Waals surface area (Å²) < 4.78 is 23.6. The third kappa shape index (κ3) is 4.29. The van der Waals surface area contributed by atoms with Gasteiger partial charge in [-0.05, 0) is 12.1 Å². The molecule has 1 rings (SSSR count). The summed E-state index contributed by atoms with van der Waals surface area (Å²) in [6.07, 6.45) is 0. The van der Waals surface area contributed by atoms with Gasteiger partial charge in [0, 0.05) is 18.1 Å². The minimum atomic E-state index is -3.32. The zero-order valence-corrected chi connectivity index (χ0v) is 11.0. The summed E-state index contributed by atoms with van der Waals surface area (Å²) in [6, 6.07) is 4.58. The monoisotopic (exact) mass is 280 g/mol. The largest absolute Gasteiger partial charge is 0.330 e. The number of hydrogen-bond donors (Lipinski definition) is 1. The van der Waals surface area contributed by atoms with Crippen molar-refractivity contribution in [2.24, 2.45) is 5.73 Å². The smallest absolute Gasteiger partial charge is 0.196 e. The number of halogens is 1. The van der Waals surface area contributed by atoms with Gasteiger partial charge >= 0.3 is 0 Å². The molecular formula is C9H13ClN2O2S2. The van der Waals surface area contributed by atoms with Crippen molar-refractivity contribution in [2.75, 3.05) is 23.8 Å². The van der Waals surface area contributed by atoms with Gasteiger partial charge in [-0.1, -0.05) is 17.7 Å². The highest BCUT2D eigenvalue weighted by Gasteiger charge is 2.15. The van der Waals surface area contributed by atoms with Crippen molar-refractivity contribution in [3.05, 3.63) is 23.4 Å². The zero-order chi connectivity index (χ0) is 12.0. The van der Waals surface area contributed by atoms with Crippen molar-refractivity contribution in [1.82, 2.24) is 4.98 Å². The second-order valence-electron chi connectivity index (χ2n) is 3.02. The van der Waals surface area contributed by atoms with Crippen molar-refractivity contribution in [3.63, 3.8) is 0 Å². The molecule has 90 valence electrons. The van der Waals surface area contributed by atoms with Crippen LogP contribution in [0.25, 0.3) is 0 Å². The van der Waals surface area contributed by atoms with Gasteiger partial charge in [0.2, 0.25) is 0 Å². The van der Waals surface area contributed by atoms with E-state index in [-0.39, 0.29) is 15.9 Å². The number of aromatic nitrogens is 1. The van der Waals surface area contributed by atoms with Crippen molar-refractivity contribution in [2.45, 2.75) is 5.03 Å². The highest BCUT2D eigenvalue weighted by molar-refractivity contribution is 8.00. The molecule has 0 aliphatic rings. The van der Waals surface area contributed by atoms with Gasteiger partial charge in [-0.25, -0.2) is 13.4 Å². The topological polar surface area (TPSA) is 73.1 Å². The van der Waals surface area contributed by atoms with E-state index in [4.69, 9.17) is 17.3 Å². The lowest BCUT2D eigenvalue weighted by atomic mass is 10.5. The molecule has 7 heteroatoms. The van der Waals surface area contributed by atoms with Gasteiger partial charge in [0.05, 0.1) is 5.75 Å². The van der Waals surface area contributed by atoms with E-state index in [1.165, 1.54) is 17.8 Å². The summed E-state index contributed by atoms with van der Waals surface area (Å²) in [5.41, 5.74) is 5.31. The molecule has 0 spiro atoms. The first-order valence-corrected chi connectivity index (χ1v) is 7.88. The quantitative estimate of drug-likeness (QED) is 0.626. The fraction of sp³-hybridized carbons (Fsp3) is 0.444. The Bertz CT molecular complexity index is 437. The van der Waals surface area contributed by atoms with Crippen LogP contribution in [0.3, 0.4) is 0 Å². The molecule has 0 aliphatic carbocycles. The van der Waals surface area contributed by atoms with E-state index in [0.717, 1.165) is 5.75 Å². The SMILES string of the molecule is NCCSCCS(=O)(=O)c1cccc(Cl)n1. The Hall–Kier alpha value is -0.300. The molecule has 0 atom stereocenters. The van der Waals surface area contributed by atoms with Crippen molar-refractivity contribution in [1.29, 1.82) is 0 Å². The number of hydrogen-bond acceptors (Lipinski definition) is 5. The molecule has 16 heavy (non-hydrogen) atoms. The maximum Gasteiger partial charge on any atom is 0.196 e. The van der Waals surface area contributed by atoms with Crippen LogP contribution < -0.4 is 5.73 Å². The number of sulfone groups is 1. The average molecular weight is 281 g/mol. The number of thioether (sulfide) groups is 1. The zero-order valence-electron chi connectivity index (χ0n) is 8.60. The fourth-order valence-electron chi connectivity index (χ4n) is 1.02. The normalized spacial score (nSPS) is 11.6. The average Bonchev–Trinajstić information content (AvgIpc) is 2.24. The molecule has 0 bridgehead atoms. The maximum absolute atomic E-state index is 11.8. The van der Waals surface area contributed by atoms with Crippen LogP contribution in [0.2, 0.25) is 5.15 Å². The lowest BCUT2D eigenvalue weighted by molar-refractivity contribution is 0.594. The van der Waals surface area contributed by atoms with Gasteiger partial charge in [-0.15, -0.1) is 0 Å². The lowest BCUT2D eigenvalue weighted by Crippen LogP contribution is -2.12. The summed E-state index contributed by atoms with van der Waals surface area (Å²) in [5, 5.41) is 0.226. The van der Waals surface area contributed by atoms with Crippen LogP contribution in [-0.2, 0) is 9.84 Å². The molecule has 0 saturated heterocycles. The molecule has 1 aromatic rings. The third-order valence-corrected chi connectivity index (χ3v) is 4.86. The van der Waals surface area contributed by atoms with Crippen molar-refractivity contribution < 1.29 is 8.42 Å². The third-order valence-electron chi connectivity index (χ3n) is 1.77. The van der Waals surface area contributed by atoms with Crippen LogP contribution in [0, 0.1) is 0 Å². The molecule has 0 saturated carbocycles. The molecule has 1 heterocycles. The summed E-state index contributed by atoms with van der Waals surface area (Å²) in [5.74, 6) is 1.34. The molecule has 0 unspecified atom stereocenters. The van der Waals surface area contributed by atoms with Gasteiger partial charge in [-0.2, -0.15) is 11.8 Å². The standard InChI is InChI=1S/C9H13ClN2O2S2/c10-8-2-1-3-9(12-8)16(13,14)7-6-15-5-4-11/h1-3H,4-7,11H2. The summed E-state index contributed by atoms with van der Waals surface area (Å²) in [7, 11) is -3.32. The maximum atomic E-state index is 11.8. The van der Waals surface area contributed by atoms with E-state index in [2.05, 4.69) is 4.98 Å². The first-order chi connectivity index (χ1) is 7.56. The number of pyridine rings is 1. The summed E-state index contributed by atoms with van der Waals surface area (Å²) in [6.45, 7) is 0.556. The van der Waals surface area contributed by atoms with E-state index in [1.807, 2.05) is 0 Å². The van der Waals surface area contributed by atoms with Gasteiger partial charge in [0.1, 0.15) is 5.15 Å². The Morgan fingerprint density at radius 2 is 2.12 bits per heavy atom.